The molecule has 1 aliphatic rings. The highest BCUT2D eigenvalue weighted by Crippen LogP contribution is 2.26. The van der Waals surface area contributed by atoms with Crippen LogP contribution in [0.4, 0.5) is 0 Å². The Morgan fingerprint density at radius 2 is 2.32 bits per heavy atom. The molecule has 2 aromatic rings. The topological polar surface area (TPSA) is 84.3 Å². The molecule has 0 bridgehead atoms. The van der Waals surface area contributed by atoms with Crippen LogP contribution in [0.1, 0.15) is 24.4 Å². The first-order valence-corrected chi connectivity index (χ1v) is 6.14. The minimum absolute atomic E-state index is 0.343. The van der Waals surface area contributed by atoms with Crippen molar-refractivity contribution in [1.29, 1.82) is 0 Å². The number of ether oxygens (including phenoxy) is 1. The van der Waals surface area contributed by atoms with E-state index >= 15 is 0 Å². The molecular weight excluding hydrogens is 248 g/mol. The van der Waals surface area contributed by atoms with Crippen molar-refractivity contribution in [3.63, 3.8) is 0 Å². The quantitative estimate of drug-likeness (QED) is 0.806. The molecule has 0 aliphatic heterocycles. The van der Waals surface area contributed by atoms with E-state index in [1.165, 1.54) is 7.11 Å². The third-order valence-corrected chi connectivity index (χ3v) is 3.19. The highest BCUT2D eigenvalue weighted by molar-refractivity contribution is 5.80. The SMILES string of the molecule is COC(=O)C(NC1CC1)c1ccc2[nH]c(=O)oc2c1. The van der Waals surface area contributed by atoms with Gasteiger partial charge in [-0.2, -0.15) is 0 Å². The molecule has 3 rings (SSSR count). The van der Waals surface area contributed by atoms with Crippen LogP contribution in [-0.4, -0.2) is 24.1 Å². The second kappa shape index (κ2) is 4.55. The van der Waals surface area contributed by atoms with Crippen molar-refractivity contribution in [2.75, 3.05) is 7.11 Å². The Balaban J connectivity index is 1.97. The Kier molecular flexibility index (Phi) is 2.87. The molecular formula is C13H14N2O4. The number of aromatic nitrogens is 1. The maximum atomic E-state index is 11.8. The van der Waals surface area contributed by atoms with Gasteiger partial charge in [-0.25, -0.2) is 9.59 Å². The number of hydrogen-bond donors (Lipinski definition) is 2. The van der Waals surface area contributed by atoms with Gasteiger partial charge in [-0.15, -0.1) is 0 Å². The molecule has 6 heteroatoms. The molecule has 1 fully saturated rings. The van der Waals surface area contributed by atoms with E-state index in [9.17, 15) is 9.59 Å². The summed E-state index contributed by atoms with van der Waals surface area (Å²) in [6.45, 7) is 0. The Morgan fingerprint density at radius 1 is 1.53 bits per heavy atom. The maximum Gasteiger partial charge on any atom is 0.417 e. The molecule has 1 aliphatic carbocycles. The number of H-pyrrole nitrogens is 1. The standard InChI is InChI=1S/C13H14N2O4/c1-18-12(16)11(14-8-3-4-8)7-2-5-9-10(6-7)19-13(17)15-9/h2,5-6,8,11,14H,3-4H2,1H3,(H,15,17). The molecule has 1 heterocycles. The summed E-state index contributed by atoms with van der Waals surface area (Å²) in [5.74, 6) is -0.846. The van der Waals surface area contributed by atoms with Crippen LogP contribution >= 0.6 is 0 Å². The van der Waals surface area contributed by atoms with Gasteiger partial charge in [-0.1, -0.05) is 6.07 Å². The smallest absolute Gasteiger partial charge is 0.417 e. The van der Waals surface area contributed by atoms with Crippen LogP contribution in [0.25, 0.3) is 11.1 Å². The molecule has 19 heavy (non-hydrogen) atoms. The summed E-state index contributed by atoms with van der Waals surface area (Å²) in [6.07, 6.45) is 2.13. The summed E-state index contributed by atoms with van der Waals surface area (Å²) in [7, 11) is 1.36. The Bertz CT molecular complexity index is 669. The van der Waals surface area contributed by atoms with Crippen LogP contribution in [-0.2, 0) is 9.53 Å². The van der Waals surface area contributed by atoms with Gasteiger partial charge in [-0.3, -0.25) is 10.3 Å². The van der Waals surface area contributed by atoms with E-state index in [0.29, 0.717) is 17.1 Å². The number of oxazole rings is 1. The minimum atomic E-state index is -0.526. The van der Waals surface area contributed by atoms with Gasteiger partial charge in [-0.05, 0) is 30.5 Å². The van der Waals surface area contributed by atoms with Gasteiger partial charge in [0.15, 0.2) is 5.58 Å². The van der Waals surface area contributed by atoms with Crippen molar-refractivity contribution in [2.24, 2.45) is 0 Å². The molecule has 1 saturated carbocycles. The lowest BCUT2D eigenvalue weighted by molar-refractivity contribution is -0.143. The first-order valence-electron chi connectivity index (χ1n) is 6.14. The summed E-state index contributed by atoms with van der Waals surface area (Å²) in [5.41, 5.74) is 1.78. The largest absolute Gasteiger partial charge is 0.468 e. The zero-order chi connectivity index (χ0) is 13.4. The number of carbonyl (C=O) groups is 1. The first-order chi connectivity index (χ1) is 9.17. The van der Waals surface area contributed by atoms with Crippen LogP contribution < -0.4 is 11.1 Å². The van der Waals surface area contributed by atoms with Gasteiger partial charge in [0.05, 0.1) is 12.6 Å². The molecule has 1 aromatic heterocycles. The lowest BCUT2D eigenvalue weighted by atomic mass is 10.1. The van der Waals surface area contributed by atoms with E-state index < -0.39 is 11.8 Å². The predicted molar refractivity (Wildman–Crippen MR) is 67.7 cm³/mol. The Morgan fingerprint density at radius 3 is 3.00 bits per heavy atom. The fourth-order valence-electron chi connectivity index (χ4n) is 2.05. The van der Waals surface area contributed by atoms with Gasteiger partial charge in [0.25, 0.3) is 0 Å². The average Bonchev–Trinajstić information content (AvgIpc) is 3.14. The maximum absolute atomic E-state index is 11.8. The van der Waals surface area contributed by atoms with Crippen molar-refractivity contribution in [1.82, 2.24) is 10.3 Å². The molecule has 0 radical (unpaired) electrons. The second-order valence-electron chi connectivity index (χ2n) is 4.67. The predicted octanol–water partition coefficient (Wildman–Crippen LogP) is 1.09. The number of hydrogen-bond acceptors (Lipinski definition) is 5. The Labute approximate surface area is 108 Å². The number of methoxy groups -OCH3 is 1. The Hall–Kier alpha value is -2.08. The summed E-state index contributed by atoms with van der Waals surface area (Å²) in [6, 6.07) is 5.02. The highest BCUT2D eigenvalue weighted by Gasteiger charge is 2.30. The van der Waals surface area contributed by atoms with E-state index in [1.54, 1.807) is 18.2 Å². The fourth-order valence-corrected chi connectivity index (χ4v) is 2.05. The number of fused-ring (bicyclic) bond motifs is 1. The van der Waals surface area contributed by atoms with Crippen molar-refractivity contribution in [2.45, 2.75) is 24.9 Å². The molecule has 0 spiro atoms. The zero-order valence-corrected chi connectivity index (χ0v) is 10.4. The monoisotopic (exact) mass is 262 g/mol. The fraction of sp³-hybridized carbons (Fsp3) is 0.385. The number of nitrogens with one attached hydrogen (secondary N) is 2. The molecule has 1 atom stereocenters. The molecule has 100 valence electrons. The number of benzene rings is 1. The molecule has 2 N–H and O–H groups in total. The summed E-state index contributed by atoms with van der Waals surface area (Å²) >= 11 is 0. The second-order valence-corrected chi connectivity index (χ2v) is 4.67. The average molecular weight is 262 g/mol. The zero-order valence-electron chi connectivity index (χ0n) is 10.4. The summed E-state index contributed by atoms with van der Waals surface area (Å²) < 4.78 is 9.81. The van der Waals surface area contributed by atoms with Crippen LogP contribution in [0.15, 0.2) is 27.4 Å². The van der Waals surface area contributed by atoms with Crippen molar-refractivity contribution >= 4 is 17.1 Å². The molecule has 1 aromatic carbocycles. The number of aromatic amines is 1. The molecule has 6 nitrogen and oxygen atoms in total. The molecule has 0 amide bonds. The third-order valence-electron chi connectivity index (χ3n) is 3.19. The third kappa shape index (κ3) is 2.39. The normalized spacial score (nSPS) is 16.5. The van der Waals surface area contributed by atoms with E-state index in [4.69, 9.17) is 9.15 Å². The summed E-state index contributed by atoms with van der Waals surface area (Å²) in [5, 5.41) is 3.22. The van der Waals surface area contributed by atoms with Crippen LogP contribution in [0, 0.1) is 0 Å². The van der Waals surface area contributed by atoms with Crippen molar-refractivity contribution < 1.29 is 13.9 Å². The molecule has 1 unspecified atom stereocenters. The molecule has 0 saturated heterocycles. The van der Waals surface area contributed by atoms with E-state index in [-0.39, 0.29) is 5.97 Å². The van der Waals surface area contributed by atoms with Crippen LogP contribution in [0.2, 0.25) is 0 Å². The van der Waals surface area contributed by atoms with Gasteiger partial charge in [0.1, 0.15) is 6.04 Å². The van der Waals surface area contributed by atoms with E-state index in [2.05, 4.69) is 10.3 Å². The number of esters is 1. The van der Waals surface area contributed by atoms with E-state index in [1.807, 2.05) is 0 Å². The summed E-state index contributed by atoms with van der Waals surface area (Å²) in [4.78, 5) is 25.5. The lowest BCUT2D eigenvalue weighted by Crippen LogP contribution is -2.31. The lowest BCUT2D eigenvalue weighted by Gasteiger charge is -2.16. The first kappa shape index (κ1) is 12.0. The number of rotatable bonds is 4. The van der Waals surface area contributed by atoms with E-state index in [0.717, 1.165) is 18.4 Å². The van der Waals surface area contributed by atoms with Gasteiger partial charge in [0.2, 0.25) is 0 Å². The van der Waals surface area contributed by atoms with Gasteiger partial charge < -0.3 is 9.15 Å². The van der Waals surface area contributed by atoms with Crippen molar-refractivity contribution in [3.8, 4) is 0 Å². The van der Waals surface area contributed by atoms with Gasteiger partial charge in [0, 0.05) is 6.04 Å². The van der Waals surface area contributed by atoms with Gasteiger partial charge >= 0.3 is 11.7 Å². The van der Waals surface area contributed by atoms with Crippen molar-refractivity contribution in [3.05, 3.63) is 34.3 Å². The van der Waals surface area contributed by atoms with Crippen LogP contribution in [0.3, 0.4) is 0 Å². The van der Waals surface area contributed by atoms with Crippen LogP contribution in [0.5, 0.6) is 0 Å². The number of carbonyl (C=O) groups excluding carboxylic acids is 1. The highest BCUT2D eigenvalue weighted by atomic mass is 16.5. The minimum Gasteiger partial charge on any atom is -0.468 e.